The van der Waals surface area contributed by atoms with Crippen LogP contribution in [0.3, 0.4) is 0 Å². The smallest absolute Gasteiger partial charge is 0.239 e. The summed E-state index contributed by atoms with van der Waals surface area (Å²) >= 11 is 0. The van der Waals surface area contributed by atoms with Gasteiger partial charge in [0.2, 0.25) is 17.7 Å². The maximum atomic E-state index is 13.8. The Hall–Kier alpha value is -3.96. The fraction of sp³-hybridized carbons (Fsp3) is 0.529. The van der Waals surface area contributed by atoms with E-state index < -0.39 is 30.0 Å². The van der Waals surface area contributed by atoms with Gasteiger partial charge in [-0.15, -0.1) is 0 Å². The maximum absolute atomic E-state index is 13.8. The minimum Gasteiger partial charge on any atom is -0.370 e. The van der Waals surface area contributed by atoms with E-state index in [9.17, 15) is 14.4 Å². The number of guanidine groups is 1. The van der Waals surface area contributed by atoms with Crippen molar-refractivity contribution in [1.82, 2.24) is 10.6 Å². The molecule has 0 heterocycles. The first kappa shape index (κ1) is 37.2. The fourth-order valence-electron chi connectivity index (χ4n) is 5.18. The van der Waals surface area contributed by atoms with E-state index in [-0.39, 0.29) is 23.2 Å². The van der Waals surface area contributed by atoms with Crippen LogP contribution >= 0.6 is 0 Å². The van der Waals surface area contributed by atoms with Crippen molar-refractivity contribution in [3.63, 3.8) is 0 Å². The van der Waals surface area contributed by atoms with Crippen LogP contribution in [0.25, 0.3) is 0 Å². The van der Waals surface area contributed by atoms with Gasteiger partial charge in [-0.1, -0.05) is 75.4 Å². The number of aliphatic imine (C=N–C) groups is 1. The SMILES string of the molecule is CC(C)(C)c1ccc(CC(CC(CCCN=C(N)N)NC(=O)C(N)Cc2ccccc2)C(=O)NC(CCCCN)C(N)=O)cc1. The Bertz CT molecular complexity index is 1220. The number of primary amides is 1. The van der Waals surface area contributed by atoms with Gasteiger partial charge in [-0.25, -0.2) is 0 Å². The molecule has 0 saturated carbocycles. The molecule has 0 saturated heterocycles. The molecule has 2 rings (SSSR count). The van der Waals surface area contributed by atoms with Crippen molar-refractivity contribution in [3.8, 4) is 0 Å². The number of hydrogen-bond donors (Lipinski definition) is 7. The maximum Gasteiger partial charge on any atom is 0.239 e. The Balaban J connectivity index is 2.31. The Morgan fingerprint density at radius 3 is 2.02 bits per heavy atom. The summed E-state index contributed by atoms with van der Waals surface area (Å²) in [7, 11) is 0. The third-order valence-corrected chi connectivity index (χ3v) is 7.84. The number of nitrogens with two attached hydrogens (primary N) is 5. The quantitative estimate of drug-likeness (QED) is 0.0698. The number of hydrogen-bond acceptors (Lipinski definition) is 6. The highest BCUT2D eigenvalue weighted by atomic mass is 16.2. The van der Waals surface area contributed by atoms with Crippen LogP contribution in [0.15, 0.2) is 59.6 Å². The van der Waals surface area contributed by atoms with E-state index in [1.165, 1.54) is 5.56 Å². The van der Waals surface area contributed by atoms with Gasteiger partial charge >= 0.3 is 0 Å². The van der Waals surface area contributed by atoms with E-state index in [2.05, 4.69) is 48.5 Å². The largest absolute Gasteiger partial charge is 0.370 e. The zero-order valence-corrected chi connectivity index (χ0v) is 27.1. The van der Waals surface area contributed by atoms with Gasteiger partial charge in [0.15, 0.2) is 5.96 Å². The van der Waals surface area contributed by atoms with Gasteiger partial charge in [0.05, 0.1) is 6.04 Å². The van der Waals surface area contributed by atoms with Crippen molar-refractivity contribution in [2.45, 2.75) is 95.7 Å². The lowest BCUT2D eigenvalue weighted by atomic mass is 9.85. The summed E-state index contributed by atoms with van der Waals surface area (Å²) in [5.41, 5.74) is 31.7. The van der Waals surface area contributed by atoms with Crippen molar-refractivity contribution in [3.05, 3.63) is 71.3 Å². The van der Waals surface area contributed by atoms with Crippen LogP contribution in [0, 0.1) is 5.92 Å². The standard InChI is InChI=1S/C34H54N8O3/c1-34(2,3)26-16-14-24(15-17-26)20-25(31(44)42-29(30(37)43)13-7-8-18-35)22-27(12-9-19-40-33(38)39)41-32(45)28(36)21-23-10-5-4-6-11-23/h4-6,10-11,14-17,25,27-29H,7-9,12-13,18-22,35-36H2,1-3H3,(H2,37,43)(H,41,45)(H,42,44)(H4,38,39,40). The van der Waals surface area contributed by atoms with Gasteiger partial charge in [0.1, 0.15) is 6.04 Å². The van der Waals surface area contributed by atoms with Crippen molar-refractivity contribution in [1.29, 1.82) is 0 Å². The summed E-state index contributed by atoms with van der Waals surface area (Å²) in [6, 6.07) is 15.8. The lowest BCUT2D eigenvalue weighted by molar-refractivity contribution is -0.130. The van der Waals surface area contributed by atoms with Gasteiger partial charge in [0, 0.05) is 18.5 Å². The molecule has 11 nitrogen and oxygen atoms in total. The zero-order chi connectivity index (χ0) is 33.4. The second-order valence-electron chi connectivity index (χ2n) is 12.8. The minimum atomic E-state index is -0.816. The molecular weight excluding hydrogens is 568 g/mol. The Morgan fingerprint density at radius 2 is 1.44 bits per heavy atom. The molecule has 4 unspecified atom stereocenters. The lowest BCUT2D eigenvalue weighted by Crippen LogP contribution is -2.50. The number of carbonyl (C=O) groups excluding carboxylic acids is 3. The second kappa shape index (κ2) is 18.8. The van der Waals surface area contributed by atoms with Crippen molar-refractivity contribution in [2.75, 3.05) is 13.1 Å². The monoisotopic (exact) mass is 622 g/mol. The molecule has 248 valence electrons. The molecule has 2 aromatic carbocycles. The average Bonchev–Trinajstić information content (AvgIpc) is 2.98. The molecule has 0 fully saturated rings. The molecule has 45 heavy (non-hydrogen) atoms. The van der Waals surface area contributed by atoms with Gasteiger partial charge in [0.25, 0.3) is 0 Å². The van der Waals surface area contributed by atoms with Gasteiger partial charge < -0.3 is 39.3 Å². The van der Waals surface area contributed by atoms with Crippen LogP contribution in [0.4, 0.5) is 0 Å². The van der Waals surface area contributed by atoms with Crippen molar-refractivity contribution in [2.24, 2.45) is 39.6 Å². The molecule has 3 amide bonds. The zero-order valence-electron chi connectivity index (χ0n) is 27.1. The molecule has 0 aliphatic heterocycles. The number of nitrogens with one attached hydrogen (secondary N) is 2. The Kier molecular flexibility index (Phi) is 15.5. The molecule has 0 aliphatic carbocycles. The highest BCUT2D eigenvalue weighted by Crippen LogP contribution is 2.24. The predicted octanol–water partition coefficient (Wildman–Crippen LogP) is 1.74. The molecule has 4 atom stereocenters. The first-order chi connectivity index (χ1) is 21.3. The number of rotatable bonds is 19. The summed E-state index contributed by atoms with van der Waals surface area (Å²) in [6.45, 7) is 7.29. The van der Waals surface area contributed by atoms with Crippen molar-refractivity contribution >= 4 is 23.7 Å². The van der Waals surface area contributed by atoms with E-state index in [1.807, 2.05) is 42.5 Å². The third-order valence-electron chi connectivity index (χ3n) is 7.84. The number of carbonyl (C=O) groups is 3. The van der Waals surface area contributed by atoms with Crippen LogP contribution < -0.4 is 39.3 Å². The third kappa shape index (κ3) is 14.1. The van der Waals surface area contributed by atoms with Crippen LogP contribution in [0.2, 0.25) is 0 Å². The topological polar surface area (TPSA) is 218 Å². The molecule has 0 spiro atoms. The minimum absolute atomic E-state index is 0.0106. The first-order valence-electron chi connectivity index (χ1n) is 15.8. The molecule has 0 bridgehead atoms. The van der Waals surface area contributed by atoms with Crippen molar-refractivity contribution < 1.29 is 14.4 Å². The molecule has 2 aromatic rings. The van der Waals surface area contributed by atoms with Crippen LogP contribution in [0.1, 0.15) is 76.0 Å². The van der Waals surface area contributed by atoms with E-state index in [1.54, 1.807) is 0 Å². The summed E-state index contributed by atoms with van der Waals surface area (Å²) in [4.78, 5) is 43.4. The molecule has 0 radical (unpaired) electrons. The number of benzene rings is 2. The van der Waals surface area contributed by atoms with E-state index in [4.69, 9.17) is 28.7 Å². The summed E-state index contributed by atoms with van der Waals surface area (Å²) in [6.07, 6.45) is 3.96. The van der Waals surface area contributed by atoms with Gasteiger partial charge in [-0.2, -0.15) is 0 Å². The molecular formula is C34H54N8O3. The molecule has 0 aromatic heterocycles. The van der Waals surface area contributed by atoms with Crippen LogP contribution in [-0.2, 0) is 32.6 Å². The molecule has 11 heteroatoms. The number of unbranched alkanes of at least 4 members (excludes halogenated alkanes) is 1. The molecule has 12 N–H and O–H groups in total. The fourth-order valence-corrected chi connectivity index (χ4v) is 5.18. The highest BCUT2D eigenvalue weighted by Gasteiger charge is 2.29. The molecule has 0 aliphatic rings. The normalized spacial score (nSPS) is 14.1. The summed E-state index contributed by atoms with van der Waals surface area (Å²) in [5, 5.41) is 5.96. The van der Waals surface area contributed by atoms with Crippen LogP contribution in [-0.4, -0.2) is 54.9 Å². The van der Waals surface area contributed by atoms with Crippen LogP contribution in [0.5, 0.6) is 0 Å². The Labute approximate surface area is 268 Å². The van der Waals surface area contributed by atoms with E-state index in [0.717, 1.165) is 17.5 Å². The van der Waals surface area contributed by atoms with Gasteiger partial charge in [-0.05, 0) is 80.0 Å². The summed E-state index contributed by atoms with van der Waals surface area (Å²) in [5.74, 6) is -1.79. The van der Waals surface area contributed by atoms with Gasteiger partial charge in [-0.3, -0.25) is 19.4 Å². The summed E-state index contributed by atoms with van der Waals surface area (Å²) < 4.78 is 0. The average molecular weight is 623 g/mol. The lowest BCUT2D eigenvalue weighted by Gasteiger charge is -2.27. The van der Waals surface area contributed by atoms with E-state index in [0.29, 0.717) is 58.0 Å². The first-order valence-corrected chi connectivity index (χ1v) is 15.8. The second-order valence-corrected chi connectivity index (χ2v) is 12.8. The number of nitrogens with zero attached hydrogens (tertiary/aromatic N) is 1. The predicted molar refractivity (Wildman–Crippen MR) is 181 cm³/mol. The Morgan fingerprint density at radius 1 is 0.800 bits per heavy atom. The number of amides is 3. The van der Waals surface area contributed by atoms with E-state index >= 15 is 0 Å². The highest BCUT2D eigenvalue weighted by molar-refractivity contribution is 5.88.